The number of aliphatic hydroxyl groups excluding tert-OH is 1. The van der Waals surface area contributed by atoms with Crippen molar-refractivity contribution < 1.29 is 34.1 Å². The van der Waals surface area contributed by atoms with E-state index in [0.29, 0.717) is 36.2 Å². The molecule has 1 aromatic carbocycles. The minimum absolute atomic E-state index is 0.143. The van der Waals surface area contributed by atoms with Gasteiger partial charge in [-0.3, -0.25) is 5.32 Å². The maximum absolute atomic E-state index is 12.6. The number of amides is 2. The number of fused-ring (bicyclic) bond motifs is 1. The summed E-state index contributed by atoms with van der Waals surface area (Å²) in [6.07, 6.45) is -0.502. The summed E-state index contributed by atoms with van der Waals surface area (Å²) in [5.74, 6) is -0.00784. The summed E-state index contributed by atoms with van der Waals surface area (Å²) in [7, 11) is 0. The van der Waals surface area contributed by atoms with Gasteiger partial charge in [0, 0.05) is 29.6 Å². The van der Waals surface area contributed by atoms with Gasteiger partial charge in [0.05, 0.1) is 23.9 Å². The minimum Gasteiger partial charge on any atom is -0.464 e. The lowest BCUT2D eigenvalue weighted by Gasteiger charge is -2.37. The molecule has 1 aliphatic heterocycles. The lowest BCUT2D eigenvalue weighted by molar-refractivity contribution is -0.00151. The number of benzene rings is 1. The number of aromatic nitrogens is 2. The van der Waals surface area contributed by atoms with Crippen molar-refractivity contribution in [3.05, 3.63) is 47.7 Å². The number of carbonyl (C=O) groups excluding carboxylic acids is 2. The molecular formula is C31H40N4O7. The van der Waals surface area contributed by atoms with E-state index >= 15 is 0 Å². The molecule has 0 radical (unpaired) electrons. The van der Waals surface area contributed by atoms with Crippen LogP contribution in [0.5, 0.6) is 0 Å². The van der Waals surface area contributed by atoms with Crippen molar-refractivity contribution in [2.24, 2.45) is 0 Å². The average Bonchev–Trinajstić information content (AvgIpc) is 3.20. The average molecular weight is 581 g/mol. The van der Waals surface area contributed by atoms with Crippen LogP contribution >= 0.6 is 0 Å². The molecule has 2 aromatic heterocycles. The van der Waals surface area contributed by atoms with Gasteiger partial charge < -0.3 is 24.6 Å². The highest BCUT2D eigenvalue weighted by atomic mass is 16.6. The number of piperidine rings is 1. The van der Waals surface area contributed by atoms with E-state index in [1.807, 2.05) is 19.1 Å². The lowest BCUT2D eigenvalue weighted by atomic mass is 9.86. The van der Waals surface area contributed by atoms with E-state index < -0.39 is 35.6 Å². The maximum atomic E-state index is 12.6. The van der Waals surface area contributed by atoms with Crippen LogP contribution in [0.25, 0.3) is 22.2 Å². The summed E-state index contributed by atoms with van der Waals surface area (Å²) in [5, 5.41) is 24.7. The summed E-state index contributed by atoms with van der Waals surface area (Å²) in [6, 6.07) is 8.85. The Hall–Kier alpha value is -4.12. The van der Waals surface area contributed by atoms with E-state index in [1.54, 1.807) is 59.7 Å². The number of aliphatic hydroxyl groups is 1. The zero-order valence-corrected chi connectivity index (χ0v) is 25.2. The quantitative estimate of drug-likeness (QED) is 0.330. The van der Waals surface area contributed by atoms with Gasteiger partial charge in [0.25, 0.3) is 0 Å². The summed E-state index contributed by atoms with van der Waals surface area (Å²) in [5.41, 5.74) is 1.92. The highest BCUT2D eigenvalue weighted by Crippen LogP contribution is 2.38. The monoisotopic (exact) mass is 580 g/mol. The molecule has 11 nitrogen and oxygen atoms in total. The van der Waals surface area contributed by atoms with Gasteiger partial charge in [-0.15, -0.1) is 0 Å². The van der Waals surface area contributed by atoms with Crippen molar-refractivity contribution in [3.63, 3.8) is 0 Å². The van der Waals surface area contributed by atoms with Gasteiger partial charge in [-0.2, -0.15) is 0 Å². The van der Waals surface area contributed by atoms with Crippen molar-refractivity contribution in [2.45, 2.75) is 84.5 Å². The van der Waals surface area contributed by atoms with E-state index in [2.05, 4.69) is 10.3 Å². The predicted octanol–water partition coefficient (Wildman–Crippen LogP) is 6.22. The molecule has 2 amide bonds. The Kier molecular flexibility index (Phi) is 8.54. The largest absolute Gasteiger partial charge is 0.464 e. The zero-order chi connectivity index (χ0) is 31.0. The molecule has 226 valence electrons. The number of carbonyl (C=O) groups is 3. The third-order valence-electron chi connectivity index (χ3n) is 6.97. The number of pyridine rings is 1. The fraction of sp³-hybridized carbons (Fsp3) is 0.484. The van der Waals surface area contributed by atoms with Crippen LogP contribution < -0.4 is 5.32 Å². The highest BCUT2D eigenvalue weighted by Gasteiger charge is 2.34. The van der Waals surface area contributed by atoms with Gasteiger partial charge in [-0.1, -0.05) is 13.0 Å². The van der Waals surface area contributed by atoms with Crippen LogP contribution in [0.15, 0.2) is 36.5 Å². The molecule has 11 heteroatoms. The molecule has 1 aliphatic rings. The fourth-order valence-corrected chi connectivity index (χ4v) is 5.33. The number of aryl methyl sites for hydroxylation is 1. The molecule has 0 spiro atoms. The van der Waals surface area contributed by atoms with E-state index in [0.717, 1.165) is 16.5 Å². The third kappa shape index (κ3) is 6.84. The predicted molar refractivity (Wildman–Crippen MR) is 159 cm³/mol. The van der Waals surface area contributed by atoms with Crippen LogP contribution in [0.2, 0.25) is 0 Å². The first-order valence-electron chi connectivity index (χ1n) is 14.1. The molecule has 2 atom stereocenters. The fourth-order valence-electron chi connectivity index (χ4n) is 5.33. The molecule has 4 rings (SSSR count). The molecule has 0 bridgehead atoms. The van der Waals surface area contributed by atoms with Gasteiger partial charge in [0.1, 0.15) is 17.0 Å². The molecule has 1 fully saturated rings. The van der Waals surface area contributed by atoms with E-state index in [-0.39, 0.29) is 18.3 Å². The number of nitrogens with zero attached hydrogens (tertiary/aromatic N) is 3. The number of likely N-dealkylation sites (tertiary alicyclic amines) is 1. The normalized spacial score (nSPS) is 17.7. The van der Waals surface area contributed by atoms with Crippen LogP contribution in [-0.2, 0) is 15.9 Å². The number of ether oxygens (including phenoxy) is 2. The van der Waals surface area contributed by atoms with Crippen LogP contribution in [0.1, 0.15) is 71.9 Å². The first-order valence-corrected chi connectivity index (χ1v) is 14.1. The van der Waals surface area contributed by atoms with Crippen molar-refractivity contribution in [2.75, 3.05) is 18.4 Å². The van der Waals surface area contributed by atoms with Gasteiger partial charge in [-0.05, 0) is 89.8 Å². The van der Waals surface area contributed by atoms with Crippen molar-refractivity contribution in [1.82, 2.24) is 14.5 Å². The van der Waals surface area contributed by atoms with E-state index in [9.17, 15) is 24.6 Å². The second-order valence-electron chi connectivity index (χ2n) is 12.5. The van der Waals surface area contributed by atoms with Crippen LogP contribution in [0.3, 0.4) is 0 Å². The zero-order valence-electron chi connectivity index (χ0n) is 25.2. The van der Waals surface area contributed by atoms with Crippen LogP contribution in [-0.4, -0.2) is 73.3 Å². The Morgan fingerprint density at radius 3 is 2.33 bits per heavy atom. The number of anilines is 1. The molecule has 0 aliphatic carbocycles. The number of carboxylic acid groups (broad SMARTS) is 1. The standard InChI is InChI=1S/C31H40N4O7/c1-8-20-22-15-18(21-12-14-34(17-24(21)36)29(40)42-31(5,6)7)9-10-23(22)35(28(38)39)26(20)19-11-13-32-25(16-19)33-27(37)41-30(2,3)4/h9-11,13,15-16,21,24,36H,8,12,14,17H2,1-7H3,(H,38,39)(H,32,33,37). The van der Waals surface area contributed by atoms with Crippen molar-refractivity contribution in [1.29, 1.82) is 0 Å². The van der Waals surface area contributed by atoms with Gasteiger partial charge in [-0.25, -0.2) is 23.9 Å². The van der Waals surface area contributed by atoms with E-state index in [1.165, 1.54) is 15.7 Å². The van der Waals surface area contributed by atoms with Crippen molar-refractivity contribution in [3.8, 4) is 11.3 Å². The summed E-state index contributed by atoms with van der Waals surface area (Å²) >= 11 is 0. The molecule has 2 unspecified atom stereocenters. The first-order chi connectivity index (χ1) is 19.6. The number of hydrogen-bond donors (Lipinski definition) is 3. The smallest absolute Gasteiger partial charge is 0.416 e. The Morgan fingerprint density at radius 2 is 1.74 bits per heavy atom. The van der Waals surface area contributed by atoms with Crippen LogP contribution in [0, 0.1) is 0 Å². The number of β-amino-alcohol motifs (C(OH)–C–C–N with tert-alkyl or cyclic N) is 1. The molecule has 3 N–H and O–H groups in total. The first kappa shape index (κ1) is 30.8. The van der Waals surface area contributed by atoms with Crippen molar-refractivity contribution >= 4 is 35.0 Å². The Bertz CT molecular complexity index is 1500. The Labute approximate surface area is 245 Å². The molecular weight excluding hydrogens is 540 g/mol. The molecule has 42 heavy (non-hydrogen) atoms. The van der Waals surface area contributed by atoms with Crippen LogP contribution in [0.4, 0.5) is 20.2 Å². The molecule has 1 saturated heterocycles. The molecule has 0 saturated carbocycles. The Balaban J connectivity index is 1.69. The topological polar surface area (TPSA) is 143 Å². The highest BCUT2D eigenvalue weighted by molar-refractivity contribution is 5.99. The second-order valence-corrected chi connectivity index (χ2v) is 12.5. The summed E-state index contributed by atoms with van der Waals surface area (Å²) in [6.45, 7) is 13.2. The number of rotatable bonds is 4. The molecule has 3 heterocycles. The minimum atomic E-state index is -1.15. The lowest BCUT2D eigenvalue weighted by Crippen LogP contribution is -2.47. The Morgan fingerprint density at radius 1 is 1.05 bits per heavy atom. The SMILES string of the molecule is CCc1c(-c2ccnc(NC(=O)OC(C)(C)C)c2)n(C(=O)O)c2ccc(C3CCN(C(=O)OC(C)(C)C)CC3O)cc12. The van der Waals surface area contributed by atoms with Gasteiger partial charge in [0.15, 0.2) is 0 Å². The molecule has 3 aromatic rings. The summed E-state index contributed by atoms with van der Waals surface area (Å²) < 4.78 is 12.0. The second kappa shape index (κ2) is 11.6. The number of nitrogens with one attached hydrogen (secondary N) is 1. The summed E-state index contributed by atoms with van der Waals surface area (Å²) in [4.78, 5) is 43.2. The van der Waals surface area contributed by atoms with Gasteiger partial charge >= 0.3 is 18.3 Å². The van der Waals surface area contributed by atoms with Gasteiger partial charge in [0.2, 0.25) is 0 Å². The number of hydrogen-bond acceptors (Lipinski definition) is 7. The van der Waals surface area contributed by atoms with E-state index in [4.69, 9.17) is 9.47 Å². The maximum Gasteiger partial charge on any atom is 0.416 e. The third-order valence-corrected chi connectivity index (χ3v) is 6.97.